The average molecular weight is 473 g/mol. The third-order valence-corrected chi connectivity index (χ3v) is 6.70. The molecule has 176 valence electrons. The first-order valence-electron chi connectivity index (χ1n) is 10.9. The van der Waals surface area contributed by atoms with Crippen LogP contribution in [0, 0.1) is 19.8 Å². The normalized spacial score (nSPS) is 15.5. The molecule has 8 nitrogen and oxygen atoms in total. The van der Waals surface area contributed by atoms with Crippen molar-refractivity contribution in [3.63, 3.8) is 0 Å². The number of amides is 2. The summed E-state index contributed by atoms with van der Waals surface area (Å²) in [6.07, 6.45) is 0.934. The van der Waals surface area contributed by atoms with Crippen molar-refractivity contribution in [1.82, 2.24) is 0 Å². The van der Waals surface area contributed by atoms with Crippen LogP contribution in [0.25, 0.3) is 0 Å². The van der Waals surface area contributed by atoms with Gasteiger partial charge in [-0.15, -0.1) is 11.3 Å². The van der Waals surface area contributed by atoms with E-state index in [1.54, 1.807) is 18.7 Å². The minimum absolute atomic E-state index is 0.0340. The maximum absolute atomic E-state index is 12.5. The molecule has 0 spiro atoms. The molecule has 1 aromatic heterocycles. The number of aryl methyl sites for hydroxylation is 2. The summed E-state index contributed by atoms with van der Waals surface area (Å²) in [6, 6.07) is 7.64. The maximum atomic E-state index is 12.5. The predicted octanol–water partition coefficient (Wildman–Crippen LogP) is 3.64. The Bertz CT molecular complexity index is 1060. The zero-order chi connectivity index (χ0) is 24.1. The average Bonchev–Trinajstić information content (AvgIpc) is 3.31. The Hall–Kier alpha value is -3.20. The highest BCUT2D eigenvalue weighted by Gasteiger charge is 2.36. The third kappa shape index (κ3) is 5.60. The van der Waals surface area contributed by atoms with Gasteiger partial charge in [0.1, 0.15) is 5.00 Å². The molecule has 1 aromatic carbocycles. The number of nitrogens with zero attached hydrogens (tertiary/aromatic N) is 1. The Balaban J connectivity index is 1.57. The standard InChI is InChI=1S/C24H28N2O6S/c1-5-16-7-9-18(10-8-16)26-12-17(11-20(26)28)23(29)32-13-19(27)25-22-21(24(30)31-6-2)14(3)15(4)33-22/h7-10,17H,5-6,11-13H2,1-4H3,(H,25,27). The molecule has 1 N–H and O–H groups in total. The number of ether oxygens (including phenoxy) is 2. The van der Waals surface area contributed by atoms with E-state index in [4.69, 9.17) is 9.47 Å². The van der Waals surface area contributed by atoms with Crippen LogP contribution >= 0.6 is 11.3 Å². The molecule has 1 aliphatic rings. The summed E-state index contributed by atoms with van der Waals surface area (Å²) in [5, 5.41) is 3.00. The smallest absolute Gasteiger partial charge is 0.341 e. The van der Waals surface area contributed by atoms with E-state index in [9.17, 15) is 19.2 Å². The number of benzene rings is 1. The molecule has 1 saturated heterocycles. The molecule has 1 atom stereocenters. The molecule has 0 aliphatic carbocycles. The Labute approximate surface area is 196 Å². The number of rotatable bonds is 8. The molecule has 0 bridgehead atoms. The predicted molar refractivity (Wildman–Crippen MR) is 126 cm³/mol. The van der Waals surface area contributed by atoms with Gasteiger partial charge in [-0.05, 0) is 50.5 Å². The number of anilines is 2. The molecule has 0 radical (unpaired) electrons. The molecule has 1 fully saturated rings. The van der Waals surface area contributed by atoms with Gasteiger partial charge in [0.15, 0.2) is 6.61 Å². The minimum atomic E-state index is -0.641. The molecule has 1 unspecified atom stereocenters. The van der Waals surface area contributed by atoms with Crippen molar-refractivity contribution >= 4 is 45.8 Å². The number of hydrogen-bond donors (Lipinski definition) is 1. The lowest BCUT2D eigenvalue weighted by atomic mass is 10.1. The van der Waals surface area contributed by atoms with Gasteiger partial charge in [0.25, 0.3) is 5.91 Å². The summed E-state index contributed by atoms with van der Waals surface area (Å²) in [6.45, 7) is 7.31. The van der Waals surface area contributed by atoms with Gasteiger partial charge in [-0.1, -0.05) is 19.1 Å². The van der Waals surface area contributed by atoms with Gasteiger partial charge in [0.05, 0.1) is 18.1 Å². The van der Waals surface area contributed by atoms with Gasteiger partial charge in [-0.3, -0.25) is 14.4 Å². The molecule has 33 heavy (non-hydrogen) atoms. The van der Waals surface area contributed by atoms with Gasteiger partial charge in [-0.2, -0.15) is 0 Å². The monoisotopic (exact) mass is 472 g/mol. The summed E-state index contributed by atoms with van der Waals surface area (Å²) in [5.74, 6) is -2.48. The van der Waals surface area contributed by atoms with Crippen LogP contribution in [0.3, 0.4) is 0 Å². The second-order valence-electron chi connectivity index (χ2n) is 7.79. The van der Waals surface area contributed by atoms with Gasteiger partial charge in [0, 0.05) is 23.5 Å². The van der Waals surface area contributed by atoms with E-state index >= 15 is 0 Å². The van der Waals surface area contributed by atoms with E-state index < -0.39 is 30.4 Å². The van der Waals surface area contributed by atoms with E-state index in [2.05, 4.69) is 12.2 Å². The number of esters is 2. The zero-order valence-electron chi connectivity index (χ0n) is 19.2. The van der Waals surface area contributed by atoms with Crippen LogP contribution in [0.2, 0.25) is 0 Å². The van der Waals surface area contributed by atoms with Crippen LogP contribution in [0.5, 0.6) is 0 Å². The summed E-state index contributed by atoms with van der Waals surface area (Å²) in [7, 11) is 0. The number of thiophene rings is 1. The van der Waals surface area contributed by atoms with E-state index in [0.717, 1.165) is 28.1 Å². The summed E-state index contributed by atoms with van der Waals surface area (Å²) >= 11 is 1.26. The molecule has 2 aromatic rings. The summed E-state index contributed by atoms with van der Waals surface area (Å²) in [5.41, 5.74) is 2.95. The fraction of sp³-hybridized carbons (Fsp3) is 0.417. The van der Waals surface area contributed by atoms with Crippen molar-refractivity contribution in [2.45, 2.75) is 40.5 Å². The lowest BCUT2D eigenvalue weighted by Gasteiger charge is -2.17. The molecule has 0 saturated carbocycles. The fourth-order valence-corrected chi connectivity index (χ4v) is 4.67. The molecule has 2 amide bonds. The first-order valence-corrected chi connectivity index (χ1v) is 11.7. The number of hydrogen-bond acceptors (Lipinski definition) is 7. The van der Waals surface area contributed by atoms with Gasteiger partial charge in [-0.25, -0.2) is 4.79 Å². The number of carbonyl (C=O) groups excluding carboxylic acids is 4. The van der Waals surface area contributed by atoms with E-state index in [-0.39, 0.29) is 25.5 Å². The van der Waals surface area contributed by atoms with Gasteiger partial charge < -0.3 is 19.7 Å². The first-order chi connectivity index (χ1) is 15.7. The molecule has 1 aliphatic heterocycles. The van der Waals surface area contributed by atoms with Crippen molar-refractivity contribution < 1.29 is 28.7 Å². The topological polar surface area (TPSA) is 102 Å². The van der Waals surface area contributed by atoms with Crippen LogP contribution in [-0.2, 0) is 30.3 Å². The highest BCUT2D eigenvalue weighted by Crippen LogP contribution is 2.33. The third-order valence-electron chi connectivity index (χ3n) is 5.58. The summed E-state index contributed by atoms with van der Waals surface area (Å²) < 4.78 is 10.2. The highest BCUT2D eigenvalue weighted by atomic mass is 32.1. The molecule has 9 heteroatoms. The van der Waals surface area contributed by atoms with Crippen molar-refractivity contribution in [2.75, 3.05) is 30.0 Å². The fourth-order valence-electron chi connectivity index (χ4n) is 3.61. The van der Waals surface area contributed by atoms with Gasteiger partial charge >= 0.3 is 11.9 Å². The Morgan fingerprint density at radius 1 is 1.12 bits per heavy atom. The van der Waals surface area contributed by atoms with Crippen molar-refractivity contribution in [2.24, 2.45) is 5.92 Å². The van der Waals surface area contributed by atoms with E-state index in [1.807, 2.05) is 31.2 Å². The van der Waals surface area contributed by atoms with Crippen LogP contribution in [0.15, 0.2) is 24.3 Å². The Morgan fingerprint density at radius 2 is 1.82 bits per heavy atom. The van der Waals surface area contributed by atoms with Crippen molar-refractivity contribution in [3.8, 4) is 0 Å². The molecule has 3 rings (SSSR count). The number of carbonyl (C=O) groups is 4. The Kier molecular flexibility index (Phi) is 7.86. The lowest BCUT2D eigenvalue weighted by molar-refractivity contribution is -0.151. The SMILES string of the molecule is CCOC(=O)c1c(NC(=O)COC(=O)C2CC(=O)N(c3ccc(CC)cc3)C2)sc(C)c1C. The second kappa shape index (κ2) is 10.6. The van der Waals surface area contributed by atoms with Crippen LogP contribution in [-0.4, -0.2) is 43.5 Å². The highest BCUT2D eigenvalue weighted by molar-refractivity contribution is 7.16. The molecule has 2 heterocycles. The van der Waals surface area contributed by atoms with E-state index in [1.165, 1.54) is 11.3 Å². The van der Waals surface area contributed by atoms with Crippen molar-refractivity contribution in [1.29, 1.82) is 0 Å². The van der Waals surface area contributed by atoms with Crippen molar-refractivity contribution in [3.05, 3.63) is 45.8 Å². The molecular weight excluding hydrogens is 444 g/mol. The van der Waals surface area contributed by atoms with Gasteiger partial charge in [0.2, 0.25) is 5.91 Å². The summed E-state index contributed by atoms with van der Waals surface area (Å²) in [4.78, 5) is 52.0. The molecular formula is C24H28N2O6S. The largest absolute Gasteiger partial charge is 0.462 e. The first kappa shape index (κ1) is 24.4. The number of nitrogens with one attached hydrogen (secondary N) is 1. The minimum Gasteiger partial charge on any atom is -0.462 e. The maximum Gasteiger partial charge on any atom is 0.341 e. The quantitative estimate of drug-likeness (QED) is 0.589. The van der Waals surface area contributed by atoms with E-state index in [0.29, 0.717) is 10.6 Å². The zero-order valence-corrected chi connectivity index (χ0v) is 20.0. The second-order valence-corrected chi connectivity index (χ2v) is 9.01. The van der Waals surface area contributed by atoms with Crippen LogP contribution < -0.4 is 10.2 Å². The van der Waals surface area contributed by atoms with Crippen LogP contribution in [0.1, 0.15) is 46.6 Å². The Morgan fingerprint density at radius 3 is 2.45 bits per heavy atom. The van der Waals surface area contributed by atoms with Crippen LogP contribution in [0.4, 0.5) is 10.7 Å². The lowest BCUT2D eigenvalue weighted by Crippen LogP contribution is -2.28.